The molecule has 1 unspecified atom stereocenters. The average Bonchev–Trinajstić information content (AvgIpc) is 2.94. The second kappa shape index (κ2) is 4.82. The molecule has 1 atom stereocenters. The number of rotatable bonds is 5. The van der Waals surface area contributed by atoms with Crippen LogP contribution < -0.4 is 5.32 Å². The molecular formula is C11H18N2O3. The van der Waals surface area contributed by atoms with Crippen molar-refractivity contribution < 1.29 is 14.7 Å². The van der Waals surface area contributed by atoms with E-state index in [9.17, 15) is 9.59 Å². The highest BCUT2D eigenvalue weighted by Crippen LogP contribution is 2.20. The SMILES string of the molecule is O=C(O)CC1CCN(C(=O)CNC2CC2)C1. The van der Waals surface area contributed by atoms with Gasteiger partial charge in [0.15, 0.2) is 0 Å². The number of likely N-dealkylation sites (tertiary alicyclic amines) is 1. The molecule has 2 aliphatic rings. The summed E-state index contributed by atoms with van der Waals surface area (Å²) in [7, 11) is 0. The Morgan fingerprint density at radius 3 is 2.69 bits per heavy atom. The fraction of sp³-hybridized carbons (Fsp3) is 0.818. The van der Waals surface area contributed by atoms with Crippen molar-refractivity contribution in [2.45, 2.75) is 31.7 Å². The first kappa shape index (κ1) is 11.4. The fourth-order valence-corrected chi connectivity index (χ4v) is 2.10. The molecule has 0 aromatic heterocycles. The molecule has 0 aromatic rings. The summed E-state index contributed by atoms with van der Waals surface area (Å²) in [6.45, 7) is 1.73. The molecule has 1 aliphatic carbocycles. The zero-order valence-corrected chi connectivity index (χ0v) is 9.32. The fourth-order valence-electron chi connectivity index (χ4n) is 2.10. The van der Waals surface area contributed by atoms with E-state index in [-0.39, 0.29) is 18.2 Å². The number of carboxylic acids is 1. The molecule has 1 amide bonds. The zero-order chi connectivity index (χ0) is 11.5. The van der Waals surface area contributed by atoms with E-state index in [0.717, 1.165) is 6.42 Å². The van der Waals surface area contributed by atoms with E-state index >= 15 is 0 Å². The van der Waals surface area contributed by atoms with Crippen molar-refractivity contribution in [3.63, 3.8) is 0 Å². The first-order chi connectivity index (χ1) is 7.65. The number of carboxylic acid groups (broad SMARTS) is 1. The van der Waals surface area contributed by atoms with E-state index in [1.165, 1.54) is 12.8 Å². The maximum Gasteiger partial charge on any atom is 0.303 e. The maximum absolute atomic E-state index is 11.7. The molecule has 1 aliphatic heterocycles. The molecule has 0 bridgehead atoms. The van der Waals surface area contributed by atoms with Crippen LogP contribution in [0, 0.1) is 5.92 Å². The third-order valence-corrected chi connectivity index (χ3v) is 3.22. The van der Waals surface area contributed by atoms with Crippen molar-refractivity contribution in [1.29, 1.82) is 0 Å². The van der Waals surface area contributed by atoms with Gasteiger partial charge in [-0.1, -0.05) is 0 Å². The van der Waals surface area contributed by atoms with Gasteiger partial charge in [-0.25, -0.2) is 0 Å². The Balaban J connectivity index is 1.69. The van der Waals surface area contributed by atoms with Gasteiger partial charge in [0.2, 0.25) is 5.91 Å². The van der Waals surface area contributed by atoms with Gasteiger partial charge in [0, 0.05) is 25.6 Å². The molecule has 2 fully saturated rings. The number of nitrogens with one attached hydrogen (secondary N) is 1. The molecule has 0 spiro atoms. The van der Waals surface area contributed by atoms with Gasteiger partial charge in [0.1, 0.15) is 0 Å². The molecule has 0 aromatic carbocycles. The van der Waals surface area contributed by atoms with E-state index in [1.807, 2.05) is 0 Å². The summed E-state index contributed by atoms with van der Waals surface area (Å²) in [6.07, 6.45) is 3.35. The lowest BCUT2D eigenvalue weighted by molar-refractivity contribution is -0.138. The van der Waals surface area contributed by atoms with Gasteiger partial charge in [-0.2, -0.15) is 0 Å². The minimum Gasteiger partial charge on any atom is -0.481 e. The lowest BCUT2D eigenvalue weighted by Crippen LogP contribution is -2.37. The largest absolute Gasteiger partial charge is 0.481 e. The standard InChI is InChI=1S/C11H18N2O3/c14-10(6-12-9-1-2-9)13-4-3-8(7-13)5-11(15)16/h8-9,12H,1-7H2,(H,15,16). The number of aliphatic carboxylic acids is 1. The number of amides is 1. The van der Waals surface area contributed by atoms with Crippen LogP contribution in [0.1, 0.15) is 25.7 Å². The first-order valence-corrected chi connectivity index (χ1v) is 5.88. The van der Waals surface area contributed by atoms with E-state index in [2.05, 4.69) is 5.32 Å². The second-order valence-electron chi connectivity index (χ2n) is 4.75. The third-order valence-electron chi connectivity index (χ3n) is 3.22. The van der Waals surface area contributed by atoms with E-state index in [4.69, 9.17) is 5.11 Å². The van der Waals surface area contributed by atoms with Crippen molar-refractivity contribution in [1.82, 2.24) is 10.2 Å². The van der Waals surface area contributed by atoms with Gasteiger partial charge in [-0.05, 0) is 25.2 Å². The molecule has 90 valence electrons. The van der Waals surface area contributed by atoms with Crippen molar-refractivity contribution >= 4 is 11.9 Å². The predicted octanol–water partition coefficient (Wildman–Crippen LogP) is 0.0616. The van der Waals surface area contributed by atoms with E-state index < -0.39 is 5.97 Å². The van der Waals surface area contributed by atoms with Gasteiger partial charge in [-0.3, -0.25) is 9.59 Å². The smallest absolute Gasteiger partial charge is 0.303 e. The lowest BCUT2D eigenvalue weighted by Gasteiger charge is -2.16. The van der Waals surface area contributed by atoms with Crippen molar-refractivity contribution in [3.05, 3.63) is 0 Å². The van der Waals surface area contributed by atoms with E-state index in [1.54, 1.807) is 4.90 Å². The number of carbonyl (C=O) groups excluding carboxylic acids is 1. The number of nitrogens with zero attached hydrogens (tertiary/aromatic N) is 1. The molecule has 1 saturated carbocycles. The quantitative estimate of drug-likeness (QED) is 0.695. The van der Waals surface area contributed by atoms with Gasteiger partial charge in [0.05, 0.1) is 6.54 Å². The van der Waals surface area contributed by atoms with Crippen LogP contribution in [0.2, 0.25) is 0 Å². The van der Waals surface area contributed by atoms with Crippen LogP contribution in [0.3, 0.4) is 0 Å². The highest BCUT2D eigenvalue weighted by molar-refractivity contribution is 5.78. The van der Waals surface area contributed by atoms with Crippen LogP contribution in [0.5, 0.6) is 0 Å². The summed E-state index contributed by atoms with van der Waals surface area (Å²) in [4.78, 5) is 24.0. The lowest BCUT2D eigenvalue weighted by atomic mass is 10.1. The Labute approximate surface area is 94.8 Å². The van der Waals surface area contributed by atoms with Crippen LogP contribution >= 0.6 is 0 Å². The summed E-state index contributed by atoms with van der Waals surface area (Å²) in [5, 5.41) is 11.8. The molecule has 5 nitrogen and oxygen atoms in total. The summed E-state index contributed by atoms with van der Waals surface area (Å²) < 4.78 is 0. The highest BCUT2D eigenvalue weighted by Gasteiger charge is 2.28. The van der Waals surface area contributed by atoms with Gasteiger partial charge >= 0.3 is 5.97 Å². The van der Waals surface area contributed by atoms with E-state index in [0.29, 0.717) is 25.7 Å². The maximum atomic E-state index is 11.7. The number of hydrogen-bond acceptors (Lipinski definition) is 3. The van der Waals surface area contributed by atoms with Crippen LogP contribution in [-0.4, -0.2) is 47.6 Å². The molecule has 2 rings (SSSR count). The summed E-state index contributed by atoms with van der Waals surface area (Å²) in [5.41, 5.74) is 0. The molecule has 0 radical (unpaired) electrons. The first-order valence-electron chi connectivity index (χ1n) is 5.88. The molecule has 16 heavy (non-hydrogen) atoms. The summed E-state index contributed by atoms with van der Waals surface area (Å²) in [5.74, 6) is -0.516. The average molecular weight is 226 g/mol. The van der Waals surface area contributed by atoms with Crippen molar-refractivity contribution in [2.24, 2.45) is 5.92 Å². The second-order valence-corrected chi connectivity index (χ2v) is 4.75. The van der Waals surface area contributed by atoms with Gasteiger partial charge < -0.3 is 15.3 Å². The third kappa shape index (κ3) is 3.20. The monoisotopic (exact) mass is 226 g/mol. The minimum atomic E-state index is -0.768. The van der Waals surface area contributed by atoms with Crippen LogP contribution in [0.4, 0.5) is 0 Å². The molecule has 1 saturated heterocycles. The van der Waals surface area contributed by atoms with Gasteiger partial charge in [0.25, 0.3) is 0 Å². The Morgan fingerprint density at radius 2 is 2.06 bits per heavy atom. The minimum absolute atomic E-state index is 0.111. The normalized spacial score (nSPS) is 24.8. The Hall–Kier alpha value is -1.10. The zero-order valence-electron chi connectivity index (χ0n) is 9.32. The molecule has 1 heterocycles. The van der Waals surface area contributed by atoms with Crippen LogP contribution in [0.25, 0.3) is 0 Å². The summed E-state index contributed by atoms with van der Waals surface area (Å²) >= 11 is 0. The van der Waals surface area contributed by atoms with Gasteiger partial charge in [-0.15, -0.1) is 0 Å². The molecular weight excluding hydrogens is 208 g/mol. The molecule has 5 heteroatoms. The number of carbonyl (C=O) groups is 2. The van der Waals surface area contributed by atoms with Crippen LogP contribution in [-0.2, 0) is 9.59 Å². The number of hydrogen-bond donors (Lipinski definition) is 2. The summed E-state index contributed by atoms with van der Waals surface area (Å²) in [6, 6.07) is 0.543. The van der Waals surface area contributed by atoms with Crippen molar-refractivity contribution in [3.8, 4) is 0 Å². The topological polar surface area (TPSA) is 69.6 Å². The van der Waals surface area contributed by atoms with Crippen LogP contribution in [0.15, 0.2) is 0 Å². The predicted molar refractivity (Wildman–Crippen MR) is 58.0 cm³/mol. The Bertz CT molecular complexity index is 289. The Kier molecular flexibility index (Phi) is 3.43. The Morgan fingerprint density at radius 1 is 1.31 bits per heavy atom. The van der Waals surface area contributed by atoms with Crippen molar-refractivity contribution in [2.75, 3.05) is 19.6 Å². The highest BCUT2D eigenvalue weighted by atomic mass is 16.4. The molecule has 2 N–H and O–H groups in total.